The second kappa shape index (κ2) is 10.4. The zero-order valence-electron chi connectivity index (χ0n) is 16.7. The Hall–Kier alpha value is -2.36. The van der Waals surface area contributed by atoms with Gasteiger partial charge in [0.05, 0.1) is 11.0 Å². The Labute approximate surface area is 188 Å². The fraction of sp³-hybridized carbons (Fsp3) is 0.381. The number of halogens is 1. The van der Waals surface area contributed by atoms with E-state index in [1.165, 1.54) is 0 Å². The molecule has 1 aliphatic heterocycles. The highest BCUT2D eigenvalue weighted by molar-refractivity contribution is 14.0. The van der Waals surface area contributed by atoms with E-state index in [0.717, 1.165) is 67.8 Å². The Balaban J connectivity index is 0.00000240. The number of H-pyrrole nitrogens is 1. The fourth-order valence-corrected chi connectivity index (χ4v) is 3.51. The number of benzene rings is 1. The average Bonchev–Trinajstić information content (AvgIpc) is 3.17. The molecule has 0 spiro atoms. The maximum absolute atomic E-state index is 4.84. The van der Waals surface area contributed by atoms with Crippen LogP contribution < -0.4 is 10.2 Å². The molecule has 1 saturated heterocycles. The summed E-state index contributed by atoms with van der Waals surface area (Å²) in [5.41, 5.74) is 2.10. The summed E-state index contributed by atoms with van der Waals surface area (Å²) in [6, 6.07) is 14.2. The first kappa shape index (κ1) is 21.4. The summed E-state index contributed by atoms with van der Waals surface area (Å²) in [6.07, 6.45) is 2.66. The monoisotopic (exact) mass is 505 g/mol. The van der Waals surface area contributed by atoms with E-state index in [4.69, 9.17) is 4.99 Å². The van der Waals surface area contributed by atoms with Crippen LogP contribution in [0.15, 0.2) is 53.7 Å². The van der Waals surface area contributed by atoms with Crippen molar-refractivity contribution in [3.63, 3.8) is 0 Å². The van der Waals surface area contributed by atoms with Crippen LogP contribution in [0.5, 0.6) is 0 Å². The quantitative estimate of drug-likeness (QED) is 0.317. The first-order valence-corrected chi connectivity index (χ1v) is 9.96. The van der Waals surface area contributed by atoms with Crippen molar-refractivity contribution in [3.05, 3.63) is 54.5 Å². The van der Waals surface area contributed by atoms with Crippen molar-refractivity contribution >= 4 is 46.8 Å². The average molecular weight is 505 g/mol. The van der Waals surface area contributed by atoms with Gasteiger partial charge in [0, 0.05) is 51.9 Å². The van der Waals surface area contributed by atoms with Crippen LogP contribution in [0.4, 0.5) is 5.82 Å². The number of hydrogen-bond acceptors (Lipinski definition) is 4. The molecule has 154 valence electrons. The summed E-state index contributed by atoms with van der Waals surface area (Å²) < 4.78 is 0. The van der Waals surface area contributed by atoms with Gasteiger partial charge in [0.1, 0.15) is 11.6 Å². The van der Waals surface area contributed by atoms with Crippen LogP contribution in [0, 0.1) is 0 Å². The van der Waals surface area contributed by atoms with Crippen LogP contribution in [0.3, 0.4) is 0 Å². The van der Waals surface area contributed by atoms with Gasteiger partial charge in [-0.05, 0) is 31.2 Å². The zero-order valence-corrected chi connectivity index (χ0v) is 19.0. The van der Waals surface area contributed by atoms with Gasteiger partial charge < -0.3 is 20.1 Å². The van der Waals surface area contributed by atoms with Gasteiger partial charge in [0.2, 0.25) is 0 Å². The van der Waals surface area contributed by atoms with Gasteiger partial charge in [0.15, 0.2) is 5.96 Å². The minimum atomic E-state index is 0. The third-order valence-electron chi connectivity index (χ3n) is 4.94. The maximum atomic E-state index is 4.84. The summed E-state index contributed by atoms with van der Waals surface area (Å²) in [7, 11) is 0. The van der Waals surface area contributed by atoms with E-state index in [1.807, 2.05) is 36.5 Å². The Kier molecular flexibility index (Phi) is 7.68. The number of anilines is 1. The van der Waals surface area contributed by atoms with Crippen LogP contribution in [0.1, 0.15) is 12.7 Å². The topological polar surface area (TPSA) is 72.4 Å². The lowest BCUT2D eigenvalue weighted by Crippen LogP contribution is -2.52. The van der Waals surface area contributed by atoms with Crippen molar-refractivity contribution in [2.45, 2.75) is 13.3 Å². The van der Waals surface area contributed by atoms with Crippen LogP contribution in [0.2, 0.25) is 0 Å². The number of pyridine rings is 1. The molecule has 4 rings (SSSR count). The molecule has 1 aliphatic rings. The molecular weight excluding hydrogens is 477 g/mol. The molecule has 2 N–H and O–H groups in total. The number of nitrogens with zero attached hydrogens (tertiary/aromatic N) is 5. The van der Waals surface area contributed by atoms with Crippen LogP contribution >= 0.6 is 24.0 Å². The van der Waals surface area contributed by atoms with E-state index in [1.54, 1.807) is 0 Å². The molecule has 7 nitrogen and oxygen atoms in total. The Morgan fingerprint density at radius 1 is 1.10 bits per heavy atom. The molecule has 3 heterocycles. The number of piperazine rings is 1. The minimum Gasteiger partial charge on any atom is -0.357 e. The van der Waals surface area contributed by atoms with Crippen LogP contribution in [-0.2, 0) is 6.42 Å². The molecule has 3 aromatic rings. The molecular formula is C21H28IN7. The summed E-state index contributed by atoms with van der Waals surface area (Å²) >= 11 is 0. The fourth-order valence-electron chi connectivity index (χ4n) is 3.51. The van der Waals surface area contributed by atoms with Crippen LogP contribution in [0.25, 0.3) is 11.0 Å². The van der Waals surface area contributed by atoms with Gasteiger partial charge in [-0.25, -0.2) is 9.97 Å². The van der Waals surface area contributed by atoms with Crippen molar-refractivity contribution < 1.29 is 0 Å². The smallest absolute Gasteiger partial charge is 0.194 e. The zero-order chi connectivity index (χ0) is 19.2. The SMILES string of the molecule is CCNC(=NCCc1nc2ccccc2[nH]1)N1CCN(c2ccccn2)CC1.I. The standard InChI is InChI=1S/C21H27N7.HI/c1-2-22-21(24-12-10-19-25-17-7-3-4-8-18(17)26-19)28-15-13-27(14-16-28)20-9-5-6-11-23-20;/h3-9,11H,2,10,12-16H2,1H3,(H,22,24)(H,25,26);1H. The van der Waals surface area contributed by atoms with Crippen molar-refractivity contribution in [1.29, 1.82) is 0 Å². The number of hydrogen-bond donors (Lipinski definition) is 2. The molecule has 1 aromatic carbocycles. The largest absolute Gasteiger partial charge is 0.357 e. The molecule has 0 amide bonds. The molecule has 0 atom stereocenters. The molecule has 8 heteroatoms. The van der Waals surface area contributed by atoms with E-state index >= 15 is 0 Å². The molecule has 0 unspecified atom stereocenters. The highest BCUT2D eigenvalue weighted by Gasteiger charge is 2.20. The molecule has 0 aliphatic carbocycles. The Morgan fingerprint density at radius 2 is 1.90 bits per heavy atom. The third-order valence-corrected chi connectivity index (χ3v) is 4.94. The number of imidazole rings is 1. The molecule has 0 saturated carbocycles. The van der Waals surface area contributed by atoms with E-state index in [-0.39, 0.29) is 24.0 Å². The molecule has 0 radical (unpaired) electrons. The summed E-state index contributed by atoms with van der Waals surface area (Å²) in [5.74, 6) is 3.02. The number of guanidine groups is 1. The van der Waals surface area contributed by atoms with Gasteiger partial charge in [-0.1, -0.05) is 18.2 Å². The lowest BCUT2D eigenvalue weighted by Gasteiger charge is -2.37. The van der Waals surface area contributed by atoms with Crippen molar-refractivity contribution in [3.8, 4) is 0 Å². The predicted octanol–water partition coefficient (Wildman–Crippen LogP) is 2.91. The minimum absolute atomic E-state index is 0. The first-order chi connectivity index (χ1) is 13.8. The van der Waals surface area contributed by atoms with E-state index in [0.29, 0.717) is 6.54 Å². The lowest BCUT2D eigenvalue weighted by atomic mass is 10.3. The number of aromatic nitrogens is 3. The number of nitrogens with one attached hydrogen (secondary N) is 2. The van der Waals surface area contributed by atoms with Gasteiger partial charge in [0.25, 0.3) is 0 Å². The van der Waals surface area contributed by atoms with E-state index in [2.05, 4.69) is 49.1 Å². The van der Waals surface area contributed by atoms with Crippen LogP contribution in [-0.4, -0.2) is 65.1 Å². The number of para-hydroxylation sites is 2. The predicted molar refractivity (Wildman–Crippen MR) is 129 cm³/mol. The third kappa shape index (κ3) is 5.37. The van der Waals surface area contributed by atoms with Gasteiger partial charge in [-0.3, -0.25) is 4.99 Å². The van der Waals surface area contributed by atoms with Crippen molar-refractivity contribution in [1.82, 2.24) is 25.2 Å². The number of aromatic amines is 1. The Bertz CT molecular complexity index is 884. The maximum Gasteiger partial charge on any atom is 0.194 e. The second-order valence-corrected chi connectivity index (χ2v) is 6.85. The van der Waals surface area contributed by atoms with E-state index in [9.17, 15) is 0 Å². The summed E-state index contributed by atoms with van der Waals surface area (Å²) in [4.78, 5) is 22.0. The van der Waals surface area contributed by atoms with Gasteiger partial charge in [-0.2, -0.15) is 0 Å². The Morgan fingerprint density at radius 3 is 2.62 bits per heavy atom. The highest BCUT2D eigenvalue weighted by Crippen LogP contribution is 2.13. The lowest BCUT2D eigenvalue weighted by molar-refractivity contribution is 0.371. The molecule has 29 heavy (non-hydrogen) atoms. The van der Waals surface area contributed by atoms with Gasteiger partial charge in [-0.15, -0.1) is 24.0 Å². The van der Waals surface area contributed by atoms with Crippen molar-refractivity contribution in [2.75, 3.05) is 44.2 Å². The first-order valence-electron chi connectivity index (χ1n) is 9.96. The van der Waals surface area contributed by atoms with Crippen molar-refractivity contribution in [2.24, 2.45) is 4.99 Å². The summed E-state index contributed by atoms with van der Waals surface area (Å²) in [5, 5.41) is 3.43. The second-order valence-electron chi connectivity index (χ2n) is 6.85. The molecule has 0 bridgehead atoms. The van der Waals surface area contributed by atoms with Gasteiger partial charge >= 0.3 is 0 Å². The number of rotatable bonds is 5. The number of fused-ring (bicyclic) bond motifs is 1. The summed E-state index contributed by atoms with van der Waals surface area (Å²) in [6.45, 7) is 7.46. The number of aliphatic imine (C=N–C) groups is 1. The molecule has 1 fully saturated rings. The normalized spacial score (nSPS) is 14.7. The molecule has 2 aromatic heterocycles. The highest BCUT2D eigenvalue weighted by atomic mass is 127. The van der Waals surface area contributed by atoms with E-state index < -0.39 is 0 Å².